The Morgan fingerprint density at radius 1 is 1.35 bits per heavy atom. The second kappa shape index (κ2) is 4.69. The predicted molar refractivity (Wildman–Crippen MR) is 71.8 cm³/mol. The number of piperidine rings is 1. The first-order chi connectivity index (χ1) is 8.02. The summed E-state index contributed by atoms with van der Waals surface area (Å²) in [6.07, 6.45) is 0.621. The van der Waals surface area contributed by atoms with Crippen molar-refractivity contribution in [2.24, 2.45) is 5.92 Å². The lowest BCUT2D eigenvalue weighted by Crippen LogP contribution is -2.47. The minimum absolute atomic E-state index is 0.0828. The zero-order chi connectivity index (χ0) is 12.6. The van der Waals surface area contributed by atoms with Crippen LogP contribution in [0.4, 0.5) is 5.69 Å². The number of ketones is 1. The van der Waals surface area contributed by atoms with Crippen molar-refractivity contribution in [1.29, 1.82) is 0 Å². The smallest absolute Gasteiger partial charge is 0.139 e. The molecule has 0 N–H and O–H groups in total. The van der Waals surface area contributed by atoms with Crippen LogP contribution in [-0.4, -0.2) is 18.4 Å². The van der Waals surface area contributed by atoms with Crippen LogP contribution in [0.2, 0.25) is 5.02 Å². The Labute approximate surface area is 108 Å². The molecular formula is C14H18ClNO. The number of halogens is 1. The molecule has 1 aliphatic rings. The molecule has 2 nitrogen and oxygen atoms in total. The summed E-state index contributed by atoms with van der Waals surface area (Å²) in [5, 5.41) is 0.776. The molecule has 2 rings (SSSR count). The molecule has 1 aromatic carbocycles. The van der Waals surface area contributed by atoms with Gasteiger partial charge >= 0.3 is 0 Å². The van der Waals surface area contributed by atoms with E-state index < -0.39 is 0 Å². The highest BCUT2D eigenvalue weighted by Gasteiger charge is 2.32. The Balaban J connectivity index is 2.37. The molecule has 92 valence electrons. The largest absolute Gasteiger partial charge is 0.366 e. The summed E-state index contributed by atoms with van der Waals surface area (Å²) in [5.74, 6) is 0.442. The van der Waals surface area contributed by atoms with Crippen molar-refractivity contribution in [2.45, 2.75) is 33.2 Å². The van der Waals surface area contributed by atoms with Gasteiger partial charge in [-0.05, 0) is 25.5 Å². The number of nitrogens with zero attached hydrogens (tertiary/aromatic N) is 1. The SMILES string of the molecule is Cc1cccc(Cl)c1N1CCC(=O)C(C)C1C. The van der Waals surface area contributed by atoms with E-state index in [1.165, 1.54) is 5.56 Å². The lowest BCUT2D eigenvalue weighted by molar-refractivity contribution is -0.123. The molecule has 1 saturated heterocycles. The molecule has 1 aromatic rings. The normalized spacial score (nSPS) is 25.2. The number of benzene rings is 1. The van der Waals surface area contributed by atoms with Gasteiger partial charge < -0.3 is 4.90 Å². The third-order valence-corrected chi connectivity index (χ3v) is 4.10. The second-order valence-electron chi connectivity index (χ2n) is 4.84. The maximum atomic E-state index is 11.7. The average Bonchev–Trinajstić information content (AvgIpc) is 2.29. The number of para-hydroxylation sites is 1. The molecule has 0 amide bonds. The monoisotopic (exact) mass is 251 g/mol. The summed E-state index contributed by atoms with van der Waals surface area (Å²) in [5.41, 5.74) is 2.26. The van der Waals surface area contributed by atoms with Crippen molar-refractivity contribution < 1.29 is 4.79 Å². The summed E-state index contributed by atoms with van der Waals surface area (Å²) < 4.78 is 0. The summed E-state index contributed by atoms with van der Waals surface area (Å²) >= 11 is 6.29. The van der Waals surface area contributed by atoms with E-state index in [1.807, 2.05) is 19.1 Å². The molecule has 0 radical (unpaired) electrons. The van der Waals surface area contributed by atoms with Gasteiger partial charge in [-0.15, -0.1) is 0 Å². The van der Waals surface area contributed by atoms with Gasteiger partial charge in [0.2, 0.25) is 0 Å². The number of Topliss-reactive ketones (excluding diaryl/α,β-unsaturated/α-hetero) is 1. The molecule has 1 fully saturated rings. The minimum atomic E-state index is 0.0828. The van der Waals surface area contributed by atoms with Gasteiger partial charge in [-0.1, -0.05) is 30.7 Å². The summed E-state index contributed by atoms with van der Waals surface area (Å²) in [7, 11) is 0. The van der Waals surface area contributed by atoms with Crippen molar-refractivity contribution in [1.82, 2.24) is 0 Å². The van der Waals surface area contributed by atoms with Gasteiger partial charge in [-0.2, -0.15) is 0 Å². The fourth-order valence-electron chi connectivity index (χ4n) is 2.50. The minimum Gasteiger partial charge on any atom is -0.366 e. The van der Waals surface area contributed by atoms with Crippen LogP contribution in [0.1, 0.15) is 25.8 Å². The van der Waals surface area contributed by atoms with Gasteiger partial charge in [-0.3, -0.25) is 4.79 Å². The van der Waals surface area contributed by atoms with Crippen LogP contribution in [0.3, 0.4) is 0 Å². The molecule has 1 aliphatic heterocycles. The van der Waals surface area contributed by atoms with E-state index in [2.05, 4.69) is 24.8 Å². The van der Waals surface area contributed by atoms with Crippen LogP contribution in [0.15, 0.2) is 18.2 Å². The molecule has 0 bridgehead atoms. The first kappa shape index (κ1) is 12.4. The van der Waals surface area contributed by atoms with E-state index in [1.54, 1.807) is 0 Å². The van der Waals surface area contributed by atoms with E-state index in [0.29, 0.717) is 12.2 Å². The number of carbonyl (C=O) groups excluding carboxylic acids is 1. The van der Waals surface area contributed by atoms with E-state index in [9.17, 15) is 4.79 Å². The van der Waals surface area contributed by atoms with Gasteiger partial charge in [0, 0.05) is 24.9 Å². The summed E-state index contributed by atoms with van der Waals surface area (Å²) in [6.45, 7) is 6.94. The topological polar surface area (TPSA) is 20.3 Å². The zero-order valence-corrected chi connectivity index (χ0v) is 11.3. The number of carbonyl (C=O) groups is 1. The van der Waals surface area contributed by atoms with Gasteiger partial charge in [0.05, 0.1) is 10.7 Å². The van der Waals surface area contributed by atoms with Crippen molar-refractivity contribution in [3.63, 3.8) is 0 Å². The first-order valence-corrected chi connectivity index (χ1v) is 6.44. The molecule has 0 aromatic heterocycles. The lowest BCUT2D eigenvalue weighted by Gasteiger charge is -2.39. The molecule has 3 heteroatoms. The quantitative estimate of drug-likeness (QED) is 0.762. The Morgan fingerprint density at radius 2 is 2.06 bits per heavy atom. The summed E-state index contributed by atoms with van der Waals surface area (Å²) in [4.78, 5) is 14.0. The molecule has 2 atom stereocenters. The van der Waals surface area contributed by atoms with E-state index in [0.717, 1.165) is 17.3 Å². The second-order valence-corrected chi connectivity index (χ2v) is 5.25. The number of aryl methyl sites for hydroxylation is 1. The van der Waals surface area contributed by atoms with Crippen molar-refractivity contribution in [3.05, 3.63) is 28.8 Å². The van der Waals surface area contributed by atoms with Gasteiger partial charge in [-0.25, -0.2) is 0 Å². The third-order valence-electron chi connectivity index (χ3n) is 3.80. The highest BCUT2D eigenvalue weighted by molar-refractivity contribution is 6.33. The molecule has 0 saturated carbocycles. The Hall–Kier alpha value is -1.02. The fraction of sp³-hybridized carbons (Fsp3) is 0.500. The zero-order valence-electron chi connectivity index (χ0n) is 10.5. The number of anilines is 1. The van der Waals surface area contributed by atoms with Crippen molar-refractivity contribution >= 4 is 23.1 Å². The van der Waals surface area contributed by atoms with E-state index in [4.69, 9.17) is 11.6 Å². The maximum Gasteiger partial charge on any atom is 0.139 e. The molecule has 2 unspecified atom stereocenters. The Bertz CT molecular complexity index is 424. The fourth-order valence-corrected chi connectivity index (χ4v) is 2.83. The predicted octanol–water partition coefficient (Wildman–Crippen LogP) is 3.45. The number of hydrogen-bond donors (Lipinski definition) is 0. The lowest BCUT2D eigenvalue weighted by atomic mass is 9.90. The van der Waals surface area contributed by atoms with Gasteiger partial charge in [0.1, 0.15) is 5.78 Å². The maximum absolute atomic E-state index is 11.7. The van der Waals surface area contributed by atoms with Crippen LogP contribution in [0.5, 0.6) is 0 Å². The number of rotatable bonds is 1. The van der Waals surface area contributed by atoms with Crippen LogP contribution in [0, 0.1) is 12.8 Å². The van der Waals surface area contributed by atoms with E-state index in [-0.39, 0.29) is 12.0 Å². The average molecular weight is 252 g/mol. The van der Waals surface area contributed by atoms with Crippen LogP contribution >= 0.6 is 11.6 Å². The molecule has 1 heterocycles. The van der Waals surface area contributed by atoms with Crippen LogP contribution in [-0.2, 0) is 4.79 Å². The third kappa shape index (κ3) is 2.19. The van der Waals surface area contributed by atoms with Crippen LogP contribution in [0.25, 0.3) is 0 Å². The molecule has 17 heavy (non-hydrogen) atoms. The van der Waals surface area contributed by atoms with Crippen LogP contribution < -0.4 is 4.90 Å². The highest BCUT2D eigenvalue weighted by atomic mass is 35.5. The first-order valence-electron chi connectivity index (χ1n) is 6.07. The van der Waals surface area contributed by atoms with Crippen molar-refractivity contribution in [3.8, 4) is 0 Å². The van der Waals surface area contributed by atoms with Gasteiger partial charge in [0.25, 0.3) is 0 Å². The van der Waals surface area contributed by atoms with Gasteiger partial charge in [0.15, 0.2) is 0 Å². The Kier molecular flexibility index (Phi) is 3.43. The molecular weight excluding hydrogens is 234 g/mol. The standard InChI is InChI=1S/C14H18ClNO/c1-9-5-4-6-12(15)14(9)16-8-7-13(17)10(2)11(16)3/h4-6,10-11H,7-8H2,1-3H3. The molecule has 0 spiro atoms. The van der Waals surface area contributed by atoms with Crippen molar-refractivity contribution in [2.75, 3.05) is 11.4 Å². The van der Waals surface area contributed by atoms with E-state index >= 15 is 0 Å². The number of hydrogen-bond acceptors (Lipinski definition) is 2. The Morgan fingerprint density at radius 3 is 2.71 bits per heavy atom. The summed E-state index contributed by atoms with van der Waals surface area (Å²) in [6, 6.07) is 6.16. The molecule has 0 aliphatic carbocycles. The highest BCUT2D eigenvalue weighted by Crippen LogP contribution is 2.34.